The van der Waals surface area contributed by atoms with Gasteiger partial charge in [-0.1, -0.05) is 13.8 Å². The van der Waals surface area contributed by atoms with Crippen LogP contribution in [0, 0.1) is 5.41 Å². The molecule has 1 unspecified atom stereocenters. The van der Waals surface area contributed by atoms with Crippen molar-refractivity contribution in [3.05, 3.63) is 0 Å². The predicted molar refractivity (Wildman–Crippen MR) is 54.5 cm³/mol. The standard InChI is InChI=1S/C10H22N2O/c1-10(2)3-5-12(6-4-10)7-9(11)8-13/h9,13H,3-8,11H2,1-2H3. The second-order valence-corrected chi connectivity index (χ2v) is 4.91. The minimum Gasteiger partial charge on any atom is -0.395 e. The second-order valence-electron chi connectivity index (χ2n) is 4.91. The summed E-state index contributed by atoms with van der Waals surface area (Å²) in [6.07, 6.45) is 2.48. The molecule has 0 aromatic heterocycles. The zero-order valence-electron chi connectivity index (χ0n) is 8.79. The molecule has 3 heteroatoms. The minimum atomic E-state index is -0.0683. The summed E-state index contributed by atoms with van der Waals surface area (Å²) < 4.78 is 0. The third kappa shape index (κ3) is 3.63. The van der Waals surface area contributed by atoms with Gasteiger partial charge in [0.2, 0.25) is 0 Å². The number of aliphatic hydroxyl groups excluding tert-OH is 1. The first-order chi connectivity index (χ1) is 6.03. The highest BCUT2D eigenvalue weighted by Crippen LogP contribution is 2.29. The molecule has 1 atom stereocenters. The molecule has 0 spiro atoms. The van der Waals surface area contributed by atoms with E-state index in [4.69, 9.17) is 10.8 Å². The fourth-order valence-electron chi connectivity index (χ4n) is 1.73. The summed E-state index contributed by atoms with van der Waals surface area (Å²) in [5.41, 5.74) is 6.18. The van der Waals surface area contributed by atoms with Crippen molar-refractivity contribution in [3.63, 3.8) is 0 Å². The number of aliphatic hydroxyl groups is 1. The largest absolute Gasteiger partial charge is 0.395 e. The van der Waals surface area contributed by atoms with Crippen LogP contribution in [-0.2, 0) is 0 Å². The van der Waals surface area contributed by atoms with Gasteiger partial charge in [0, 0.05) is 12.6 Å². The molecule has 1 fully saturated rings. The molecule has 3 N–H and O–H groups in total. The highest BCUT2D eigenvalue weighted by atomic mass is 16.3. The van der Waals surface area contributed by atoms with Crippen LogP contribution in [0.5, 0.6) is 0 Å². The van der Waals surface area contributed by atoms with Crippen molar-refractivity contribution in [2.24, 2.45) is 11.1 Å². The highest BCUT2D eigenvalue weighted by Gasteiger charge is 2.25. The molecule has 3 nitrogen and oxygen atoms in total. The lowest BCUT2D eigenvalue weighted by Gasteiger charge is -2.37. The van der Waals surface area contributed by atoms with Gasteiger partial charge in [0.25, 0.3) is 0 Å². The quantitative estimate of drug-likeness (QED) is 0.672. The lowest BCUT2D eigenvalue weighted by molar-refractivity contribution is 0.116. The first kappa shape index (κ1) is 11.0. The highest BCUT2D eigenvalue weighted by molar-refractivity contribution is 4.80. The molecule has 0 amide bonds. The molecule has 0 bridgehead atoms. The number of piperidine rings is 1. The molecule has 0 aromatic carbocycles. The summed E-state index contributed by atoms with van der Waals surface area (Å²) in [7, 11) is 0. The maximum absolute atomic E-state index is 8.82. The molecule has 0 aliphatic carbocycles. The Balaban J connectivity index is 2.25. The van der Waals surface area contributed by atoms with Crippen LogP contribution in [0.3, 0.4) is 0 Å². The fourth-order valence-corrected chi connectivity index (χ4v) is 1.73. The van der Waals surface area contributed by atoms with Gasteiger partial charge in [0.15, 0.2) is 0 Å². The van der Waals surface area contributed by atoms with Crippen LogP contribution in [0.25, 0.3) is 0 Å². The molecule has 78 valence electrons. The van der Waals surface area contributed by atoms with Crippen molar-refractivity contribution < 1.29 is 5.11 Å². The predicted octanol–water partition coefficient (Wildman–Crippen LogP) is 0.428. The van der Waals surface area contributed by atoms with Gasteiger partial charge >= 0.3 is 0 Å². The van der Waals surface area contributed by atoms with E-state index < -0.39 is 0 Å². The van der Waals surface area contributed by atoms with Crippen molar-refractivity contribution in [1.29, 1.82) is 0 Å². The molecule has 0 radical (unpaired) electrons. The van der Waals surface area contributed by atoms with Gasteiger partial charge in [-0.25, -0.2) is 0 Å². The van der Waals surface area contributed by atoms with Crippen LogP contribution in [0.4, 0.5) is 0 Å². The van der Waals surface area contributed by atoms with Crippen LogP contribution in [0.15, 0.2) is 0 Å². The summed E-state index contributed by atoms with van der Waals surface area (Å²) in [5, 5.41) is 8.82. The van der Waals surface area contributed by atoms with Crippen LogP contribution >= 0.6 is 0 Å². The lowest BCUT2D eigenvalue weighted by atomic mass is 9.82. The Morgan fingerprint density at radius 3 is 2.38 bits per heavy atom. The monoisotopic (exact) mass is 186 g/mol. The fraction of sp³-hybridized carbons (Fsp3) is 1.00. The molecule has 1 rings (SSSR count). The van der Waals surface area contributed by atoms with E-state index in [0.29, 0.717) is 5.41 Å². The van der Waals surface area contributed by atoms with E-state index >= 15 is 0 Å². The van der Waals surface area contributed by atoms with E-state index in [1.807, 2.05) is 0 Å². The molecular formula is C10H22N2O. The summed E-state index contributed by atoms with van der Waals surface area (Å²) in [4.78, 5) is 2.35. The van der Waals surface area contributed by atoms with Crippen molar-refractivity contribution in [2.75, 3.05) is 26.2 Å². The van der Waals surface area contributed by atoms with Gasteiger partial charge < -0.3 is 15.7 Å². The number of nitrogens with two attached hydrogens (primary N) is 1. The Morgan fingerprint density at radius 2 is 1.92 bits per heavy atom. The van der Waals surface area contributed by atoms with E-state index in [0.717, 1.165) is 19.6 Å². The van der Waals surface area contributed by atoms with E-state index in [1.54, 1.807) is 0 Å². The Hall–Kier alpha value is -0.120. The molecular weight excluding hydrogens is 164 g/mol. The van der Waals surface area contributed by atoms with Crippen LogP contribution < -0.4 is 5.73 Å². The Labute approximate surface area is 80.9 Å². The van der Waals surface area contributed by atoms with Gasteiger partial charge in [-0.15, -0.1) is 0 Å². The zero-order valence-corrected chi connectivity index (χ0v) is 8.79. The molecule has 0 saturated carbocycles. The smallest absolute Gasteiger partial charge is 0.0595 e. The van der Waals surface area contributed by atoms with Gasteiger partial charge in [-0.2, -0.15) is 0 Å². The molecule has 1 aliphatic rings. The van der Waals surface area contributed by atoms with E-state index in [2.05, 4.69) is 18.7 Å². The average molecular weight is 186 g/mol. The summed E-state index contributed by atoms with van der Waals surface area (Å²) in [5.74, 6) is 0. The Kier molecular flexibility index (Phi) is 3.71. The third-order valence-corrected chi connectivity index (χ3v) is 2.94. The topological polar surface area (TPSA) is 49.5 Å². The molecule has 1 aliphatic heterocycles. The normalized spacial score (nSPS) is 25.8. The van der Waals surface area contributed by atoms with E-state index in [1.165, 1.54) is 12.8 Å². The van der Waals surface area contributed by atoms with Crippen molar-refractivity contribution >= 4 is 0 Å². The molecule has 0 aromatic rings. The van der Waals surface area contributed by atoms with Gasteiger partial charge in [-0.3, -0.25) is 0 Å². The van der Waals surface area contributed by atoms with Gasteiger partial charge in [-0.05, 0) is 31.3 Å². The first-order valence-corrected chi connectivity index (χ1v) is 5.12. The maximum Gasteiger partial charge on any atom is 0.0595 e. The van der Waals surface area contributed by atoms with Crippen molar-refractivity contribution in [1.82, 2.24) is 4.90 Å². The first-order valence-electron chi connectivity index (χ1n) is 5.12. The van der Waals surface area contributed by atoms with E-state index in [9.17, 15) is 0 Å². The summed E-state index contributed by atoms with van der Waals surface area (Å²) >= 11 is 0. The number of likely N-dealkylation sites (tertiary alicyclic amines) is 1. The second kappa shape index (κ2) is 4.40. The van der Waals surface area contributed by atoms with Crippen molar-refractivity contribution in [2.45, 2.75) is 32.7 Å². The summed E-state index contributed by atoms with van der Waals surface area (Å²) in [6, 6.07) is -0.0683. The maximum atomic E-state index is 8.82. The third-order valence-electron chi connectivity index (χ3n) is 2.94. The molecule has 1 heterocycles. The zero-order chi connectivity index (χ0) is 9.90. The SMILES string of the molecule is CC1(C)CCN(CC(N)CO)CC1. The number of hydrogen-bond acceptors (Lipinski definition) is 3. The number of rotatable bonds is 3. The number of hydrogen-bond donors (Lipinski definition) is 2. The van der Waals surface area contributed by atoms with Gasteiger partial charge in [0.1, 0.15) is 0 Å². The Morgan fingerprint density at radius 1 is 1.38 bits per heavy atom. The Bertz CT molecular complexity index is 149. The van der Waals surface area contributed by atoms with Gasteiger partial charge in [0.05, 0.1) is 6.61 Å². The number of nitrogens with zero attached hydrogens (tertiary/aromatic N) is 1. The lowest BCUT2D eigenvalue weighted by Crippen LogP contribution is -2.45. The minimum absolute atomic E-state index is 0.0683. The van der Waals surface area contributed by atoms with Crippen LogP contribution in [0.2, 0.25) is 0 Å². The van der Waals surface area contributed by atoms with Crippen molar-refractivity contribution in [3.8, 4) is 0 Å². The van der Waals surface area contributed by atoms with E-state index in [-0.39, 0.29) is 12.6 Å². The summed E-state index contributed by atoms with van der Waals surface area (Å²) in [6.45, 7) is 7.82. The van der Waals surface area contributed by atoms with Crippen LogP contribution in [0.1, 0.15) is 26.7 Å². The molecule has 13 heavy (non-hydrogen) atoms. The molecule has 1 saturated heterocycles. The van der Waals surface area contributed by atoms with Crippen LogP contribution in [-0.4, -0.2) is 42.3 Å². The average Bonchev–Trinajstić information content (AvgIpc) is 2.08.